The first kappa shape index (κ1) is 32.3. The van der Waals surface area contributed by atoms with Crippen LogP contribution in [0.1, 0.15) is 44.2 Å². The Balaban J connectivity index is 2.18. The van der Waals surface area contributed by atoms with E-state index in [1.165, 1.54) is 9.21 Å². The second-order valence-electron chi connectivity index (χ2n) is 9.30. The van der Waals surface area contributed by atoms with Crippen molar-refractivity contribution in [1.29, 1.82) is 0 Å². The van der Waals surface area contributed by atoms with Crippen molar-refractivity contribution in [3.63, 3.8) is 0 Å². The molecule has 0 heterocycles. The standard InChI is InChI=1S/C27H39Cl2N3O5S/c1-4-10-32(11-5-2)38(35,36)12-9-27(34)31(18-20-7-6-8-24(15-20)37-3)19-26(33)25(30)16-21-13-22(28)17-23(29)14-21/h6-8,13-15,17,25-26,33H,4-5,9-12,16,18-19,30H2,1-3H3/t25-,26+/m0/s1. The minimum Gasteiger partial charge on any atom is -0.497 e. The average molecular weight is 589 g/mol. The number of carbonyl (C=O) groups is 1. The molecule has 1 amide bonds. The van der Waals surface area contributed by atoms with Crippen molar-refractivity contribution in [2.24, 2.45) is 5.73 Å². The molecule has 0 bridgehead atoms. The lowest BCUT2D eigenvalue weighted by Crippen LogP contribution is -2.46. The Hall–Kier alpha value is -1.88. The fraction of sp³-hybridized carbons (Fsp3) is 0.519. The highest BCUT2D eigenvalue weighted by Gasteiger charge is 2.26. The Morgan fingerprint density at radius 1 is 1.05 bits per heavy atom. The number of amides is 1. The molecule has 8 nitrogen and oxygen atoms in total. The summed E-state index contributed by atoms with van der Waals surface area (Å²) in [5.74, 6) is -0.0624. The summed E-state index contributed by atoms with van der Waals surface area (Å²) in [4.78, 5) is 14.8. The molecule has 2 atom stereocenters. The molecular formula is C27H39Cl2N3O5S. The number of aliphatic hydroxyl groups excluding tert-OH is 1. The molecule has 0 aliphatic carbocycles. The van der Waals surface area contributed by atoms with Gasteiger partial charge in [0.1, 0.15) is 5.75 Å². The molecule has 2 aromatic carbocycles. The van der Waals surface area contributed by atoms with E-state index in [0.29, 0.717) is 48.1 Å². The molecular weight excluding hydrogens is 549 g/mol. The predicted octanol–water partition coefficient (Wildman–Crippen LogP) is 4.10. The van der Waals surface area contributed by atoms with Crippen LogP contribution in [-0.4, -0.2) is 73.3 Å². The molecule has 11 heteroatoms. The van der Waals surface area contributed by atoms with Crippen LogP contribution in [0.5, 0.6) is 5.75 Å². The quantitative estimate of drug-likeness (QED) is 0.305. The maximum atomic E-state index is 13.3. The van der Waals surface area contributed by atoms with Gasteiger partial charge in [-0.15, -0.1) is 0 Å². The zero-order chi connectivity index (χ0) is 28.3. The fourth-order valence-corrected chi connectivity index (χ4v) is 6.32. The molecule has 0 fully saturated rings. The summed E-state index contributed by atoms with van der Waals surface area (Å²) >= 11 is 12.2. The largest absolute Gasteiger partial charge is 0.497 e. The van der Waals surface area contributed by atoms with Gasteiger partial charge in [0.25, 0.3) is 0 Å². The van der Waals surface area contributed by atoms with Crippen LogP contribution in [0.15, 0.2) is 42.5 Å². The minimum atomic E-state index is -3.60. The van der Waals surface area contributed by atoms with Gasteiger partial charge in [-0.1, -0.05) is 49.2 Å². The number of nitrogens with two attached hydrogens (primary N) is 1. The van der Waals surface area contributed by atoms with E-state index in [0.717, 1.165) is 11.1 Å². The van der Waals surface area contributed by atoms with Crippen LogP contribution in [0.4, 0.5) is 0 Å². The summed E-state index contributed by atoms with van der Waals surface area (Å²) in [5, 5.41) is 11.9. The van der Waals surface area contributed by atoms with Gasteiger partial charge in [-0.2, -0.15) is 0 Å². The highest BCUT2D eigenvalue weighted by atomic mass is 35.5. The van der Waals surface area contributed by atoms with Crippen molar-refractivity contribution in [3.05, 3.63) is 63.6 Å². The maximum absolute atomic E-state index is 13.3. The van der Waals surface area contributed by atoms with E-state index >= 15 is 0 Å². The molecule has 38 heavy (non-hydrogen) atoms. The van der Waals surface area contributed by atoms with Crippen LogP contribution >= 0.6 is 23.2 Å². The lowest BCUT2D eigenvalue weighted by molar-refractivity contribution is -0.133. The van der Waals surface area contributed by atoms with Crippen LogP contribution in [-0.2, 0) is 27.8 Å². The highest BCUT2D eigenvalue weighted by Crippen LogP contribution is 2.21. The van der Waals surface area contributed by atoms with E-state index in [-0.39, 0.29) is 31.2 Å². The lowest BCUT2D eigenvalue weighted by Gasteiger charge is -2.29. The van der Waals surface area contributed by atoms with Crippen molar-refractivity contribution in [3.8, 4) is 5.75 Å². The number of ether oxygens (including phenoxy) is 1. The zero-order valence-corrected chi connectivity index (χ0v) is 24.6. The van der Waals surface area contributed by atoms with Crippen molar-refractivity contribution in [2.75, 3.05) is 32.5 Å². The molecule has 2 rings (SSSR count). The van der Waals surface area contributed by atoms with Crippen molar-refractivity contribution in [2.45, 2.75) is 58.2 Å². The van der Waals surface area contributed by atoms with E-state index in [4.69, 9.17) is 33.7 Å². The van der Waals surface area contributed by atoms with Gasteiger partial charge >= 0.3 is 0 Å². The van der Waals surface area contributed by atoms with Gasteiger partial charge in [0, 0.05) is 48.7 Å². The number of rotatable bonds is 16. The number of nitrogens with zero attached hydrogens (tertiary/aromatic N) is 2. The van der Waals surface area contributed by atoms with E-state index in [9.17, 15) is 18.3 Å². The number of benzene rings is 2. The summed E-state index contributed by atoms with van der Waals surface area (Å²) in [6.45, 7) is 4.76. The van der Waals surface area contributed by atoms with Crippen molar-refractivity contribution in [1.82, 2.24) is 9.21 Å². The number of hydrogen-bond acceptors (Lipinski definition) is 6. The number of sulfonamides is 1. The Morgan fingerprint density at radius 3 is 2.26 bits per heavy atom. The maximum Gasteiger partial charge on any atom is 0.224 e. The fourth-order valence-electron chi connectivity index (χ4n) is 4.14. The number of carbonyl (C=O) groups excluding carboxylic acids is 1. The van der Waals surface area contributed by atoms with Gasteiger partial charge in [-0.25, -0.2) is 12.7 Å². The van der Waals surface area contributed by atoms with Gasteiger partial charge in [0.15, 0.2) is 0 Å². The van der Waals surface area contributed by atoms with E-state index < -0.39 is 22.2 Å². The summed E-state index contributed by atoms with van der Waals surface area (Å²) in [6.07, 6.45) is 0.395. The van der Waals surface area contributed by atoms with Crippen LogP contribution < -0.4 is 10.5 Å². The molecule has 0 aliphatic heterocycles. The Labute approximate surface area is 236 Å². The number of hydrogen-bond donors (Lipinski definition) is 2. The van der Waals surface area contributed by atoms with E-state index in [1.807, 2.05) is 19.9 Å². The van der Waals surface area contributed by atoms with Crippen LogP contribution in [0.25, 0.3) is 0 Å². The molecule has 0 radical (unpaired) electrons. The van der Waals surface area contributed by atoms with Crippen molar-refractivity contribution < 1.29 is 23.1 Å². The number of methoxy groups -OCH3 is 1. The molecule has 0 saturated heterocycles. The molecule has 0 unspecified atom stereocenters. The molecule has 0 spiro atoms. The first-order valence-electron chi connectivity index (χ1n) is 12.8. The number of aliphatic hydroxyl groups is 1. The third-order valence-electron chi connectivity index (χ3n) is 6.07. The van der Waals surface area contributed by atoms with E-state index in [1.54, 1.807) is 43.5 Å². The third-order valence-corrected chi connectivity index (χ3v) is 8.38. The lowest BCUT2D eigenvalue weighted by atomic mass is 10.0. The predicted molar refractivity (Wildman–Crippen MR) is 153 cm³/mol. The second kappa shape index (κ2) is 15.6. The average Bonchev–Trinajstić information content (AvgIpc) is 2.86. The zero-order valence-electron chi connectivity index (χ0n) is 22.3. The van der Waals surface area contributed by atoms with Gasteiger partial charge in [-0.3, -0.25) is 4.79 Å². The third kappa shape index (κ3) is 10.4. The number of halogens is 2. The van der Waals surface area contributed by atoms with Crippen LogP contribution in [0, 0.1) is 0 Å². The van der Waals surface area contributed by atoms with Crippen LogP contribution in [0.2, 0.25) is 10.0 Å². The molecule has 3 N–H and O–H groups in total. The Kier molecular flexibility index (Phi) is 13.3. The Morgan fingerprint density at radius 2 is 1.68 bits per heavy atom. The van der Waals surface area contributed by atoms with Crippen molar-refractivity contribution >= 4 is 39.1 Å². The smallest absolute Gasteiger partial charge is 0.224 e. The summed E-state index contributed by atoms with van der Waals surface area (Å²) in [5.41, 5.74) is 7.83. The van der Waals surface area contributed by atoms with Gasteiger partial charge < -0.3 is 20.5 Å². The SMILES string of the molecule is CCCN(CCC)S(=O)(=O)CCC(=O)N(Cc1cccc(OC)c1)C[C@@H](O)[C@@H](N)Cc1cc(Cl)cc(Cl)c1. The minimum absolute atomic E-state index is 0.0702. The monoisotopic (exact) mass is 587 g/mol. The van der Waals surface area contributed by atoms with Gasteiger partial charge in [0.05, 0.1) is 19.0 Å². The normalized spacial score (nSPS) is 13.4. The molecule has 0 aliphatic rings. The first-order chi connectivity index (χ1) is 18.0. The summed E-state index contributed by atoms with van der Waals surface area (Å²) < 4.78 is 32.6. The molecule has 2 aromatic rings. The topological polar surface area (TPSA) is 113 Å². The first-order valence-corrected chi connectivity index (χ1v) is 15.1. The molecule has 0 saturated carbocycles. The summed E-state index contributed by atoms with van der Waals surface area (Å²) in [7, 11) is -2.05. The Bertz CT molecular complexity index is 1120. The summed E-state index contributed by atoms with van der Waals surface area (Å²) in [6, 6.07) is 11.6. The van der Waals surface area contributed by atoms with E-state index in [2.05, 4.69) is 0 Å². The highest BCUT2D eigenvalue weighted by molar-refractivity contribution is 7.89. The van der Waals surface area contributed by atoms with Gasteiger partial charge in [-0.05, 0) is 60.7 Å². The molecule has 0 aromatic heterocycles. The van der Waals surface area contributed by atoms with Gasteiger partial charge in [0.2, 0.25) is 15.9 Å². The van der Waals surface area contributed by atoms with Crippen LogP contribution in [0.3, 0.4) is 0 Å². The second-order valence-corrected chi connectivity index (χ2v) is 12.3. The molecule has 212 valence electrons.